The van der Waals surface area contributed by atoms with Crippen LogP contribution < -0.4 is 9.64 Å². The maximum absolute atomic E-state index is 13.1. The van der Waals surface area contributed by atoms with Gasteiger partial charge < -0.3 is 14.5 Å². The fourth-order valence-corrected chi connectivity index (χ4v) is 4.07. The van der Waals surface area contributed by atoms with E-state index in [0.29, 0.717) is 31.9 Å². The highest BCUT2D eigenvalue weighted by molar-refractivity contribution is 5.78. The molecule has 32 heavy (non-hydrogen) atoms. The number of aromatic nitrogens is 2. The molecule has 0 N–H and O–H groups in total. The van der Waals surface area contributed by atoms with Gasteiger partial charge in [0.15, 0.2) is 12.4 Å². The van der Waals surface area contributed by atoms with Gasteiger partial charge >= 0.3 is 0 Å². The van der Waals surface area contributed by atoms with E-state index >= 15 is 0 Å². The number of nitrogens with zero attached hydrogens (tertiary/aromatic N) is 4. The third-order valence-corrected chi connectivity index (χ3v) is 5.69. The Kier molecular flexibility index (Phi) is 6.35. The van der Waals surface area contributed by atoms with Crippen LogP contribution in [0.4, 0.5) is 10.2 Å². The summed E-state index contributed by atoms with van der Waals surface area (Å²) >= 11 is 0. The molecule has 0 saturated carbocycles. The lowest BCUT2D eigenvalue weighted by Gasteiger charge is -2.35. The highest BCUT2D eigenvalue weighted by atomic mass is 19.1. The monoisotopic (exact) mass is 434 g/mol. The average molecular weight is 435 g/mol. The molecule has 0 unspecified atom stereocenters. The molecule has 1 aliphatic rings. The number of amides is 1. The quantitative estimate of drug-likeness (QED) is 0.609. The van der Waals surface area contributed by atoms with Crippen molar-refractivity contribution in [1.29, 1.82) is 0 Å². The van der Waals surface area contributed by atoms with E-state index in [1.807, 2.05) is 30.9 Å². The summed E-state index contributed by atoms with van der Waals surface area (Å²) in [6.07, 6.45) is 0. The molecule has 0 spiro atoms. The number of carbonyl (C=O) groups is 1. The Balaban J connectivity index is 1.31. The van der Waals surface area contributed by atoms with Crippen LogP contribution in [0.3, 0.4) is 0 Å². The zero-order valence-corrected chi connectivity index (χ0v) is 18.6. The first-order valence-electron chi connectivity index (χ1n) is 10.7. The van der Waals surface area contributed by atoms with E-state index < -0.39 is 0 Å². The summed E-state index contributed by atoms with van der Waals surface area (Å²) in [7, 11) is 0. The molecule has 0 radical (unpaired) electrons. The van der Waals surface area contributed by atoms with Crippen LogP contribution in [0, 0.1) is 26.6 Å². The molecule has 4 rings (SSSR count). The van der Waals surface area contributed by atoms with Crippen molar-refractivity contribution in [3.8, 4) is 17.0 Å². The zero-order chi connectivity index (χ0) is 22.7. The highest BCUT2D eigenvalue weighted by Crippen LogP contribution is 2.25. The van der Waals surface area contributed by atoms with Gasteiger partial charge in [-0.3, -0.25) is 4.79 Å². The molecule has 0 bridgehead atoms. The van der Waals surface area contributed by atoms with E-state index in [-0.39, 0.29) is 18.3 Å². The van der Waals surface area contributed by atoms with Crippen molar-refractivity contribution in [2.45, 2.75) is 20.8 Å². The molecular weight excluding hydrogens is 407 g/mol. The van der Waals surface area contributed by atoms with E-state index in [1.54, 1.807) is 12.1 Å². The minimum absolute atomic E-state index is 0.0123. The molecule has 3 aromatic rings. The molecule has 2 aromatic carbocycles. The number of ether oxygens (including phenoxy) is 1. The second-order valence-corrected chi connectivity index (χ2v) is 8.17. The fraction of sp³-hybridized carbons (Fsp3) is 0.320. The normalized spacial score (nSPS) is 13.9. The van der Waals surface area contributed by atoms with Crippen LogP contribution >= 0.6 is 0 Å². The molecular formula is C25H27FN4O2. The molecule has 1 aliphatic heterocycles. The Morgan fingerprint density at radius 3 is 2.19 bits per heavy atom. The Bertz CT molecular complexity index is 1070. The lowest BCUT2D eigenvalue weighted by atomic mass is 10.1. The van der Waals surface area contributed by atoms with Crippen molar-refractivity contribution in [3.63, 3.8) is 0 Å². The second-order valence-electron chi connectivity index (χ2n) is 8.17. The maximum Gasteiger partial charge on any atom is 0.260 e. The second kappa shape index (κ2) is 9.34. The van der Waals surface area contributed by atoms with E-state index in [9.17, 15) is 9.18 Å². The van der Waals surface area contributed by atoms with Gasteiger partial charge in [0.25, 0.3) is 5.91 Å². The molecule has 2 heterocycles. The number of anilines is 1. The first-order valence-corrected chi connectivity index (χ1v) is 10.7. The zero-order valence-electron chi connectivity index (χ0n) is 18.6. The lowest BCUT2D eigenvalue weighted by molar-refractivity contribution is -0.133. The van der Waals surface area contributed by atoms with Gasteiger partial charge in [-0.05, 0) is 68.3 Å². The predicted octanol–water partition coefficient (Wildman–Crippen LogP) is 3.94. The van der Waals surface area contributed by atoms with Gasteiger partial charge in [-0.25, -0.2) is 4.39 Å². The molecule has 1 fully saturated rings. The van der Waals surface area contributed by atoms with Gasteiger partial charge in [0.05, 0.1) is 5.69 Å². The number of hydrogen-bond acceptors (Lipinski definition) is 5. The third-order valence-electron chi connectivity index (χ3n) is 5.69. The molecule has 0 atom stereocenters. The summed E-state index contributed by atoms with van der Waals surface area (Å²) in [5.41, 5.74) is 4.79. The van der Waals surface area contributed by atoms with Crippen LogP contribution in [0.1, 0.15) is 16.7 Å². The number of halogens is 1. The SMILES string of the molecule is Cc1cc(C)c(OCC(=O)N2CCN(c3ccc(-c4ccc(F)cc4)nn3)CC2)c(C)c1. The van der Waals surface area contributed by atoms with E-state index in [4.69, 9.17) is 4.74 Å². The number of piperazine rings is 1. The standard InChI is InChI=1S/C25H27FN4O2/c1-17-14-18(2)25(19(3)15-17)32-16-24(31)30-12-10-29(11-13-30)23-9-8-22(27-28-23)20-4-6-21(26)7-5-20/h4-9,14-15H,10-13,16H2,1-3H3. The smallest absolute Gasteiger partial charge is 0.260 e. The average Bonchev–Trinajstić information content (AvgIpc) is 2.79. The lowest BCUT2D eigenvalue weighted by Crippen LogP contribution is -2.50. The predicted molar refractivity (Wildman–Crippen MR) is 122 cm³/mol. The minimum Gasteiger partial charge on any atom is -0.483 e. The number of aryl methyl sites for hydroxylation is 3. The van der Waals surface area contributed by atoms with Crippen molar-refractivity contribution < 1.29 is 13.9 Å². The third kappa shape index (κ3) is 4.88. The van der Waals surface area contributed by atoms with Crippen molar-refractivity contribution in [2.24, 2.45) is 0 Å². The van der Waals surface area contributed by atoms with Crippen LogP contribution in [0.25, 0.3) is 11.3 Å². The van der Waals surface area contributed by atoms with Crippen molar-refractivity contribution in [1.82, 2.24) is 15.1 Å². The summed E-state index contributed by atoms with van der Waals surface area (Å²) in [5.74, 6) is 1.27. The fourth-order valence-electron chi connectivity index (χ4n) is 4.07. The van der Waals surface area contributed by atoms with Gasteiger partial charge in [0, 0.05) is 31.7 Å². The number of rotatable bonds is 5. The Morgan fingerprint density at radius 2 is 1.59 bits per heavy atom. The number of carbonyl (C=O) groups excluding carboxylic acids is 1. The summed E-state index contributed by atoms with van der Waals surface area (Å²) in [4.78, 5) is 16.6. The van der Waals surface area contributed by atoms with Crippen LogP contribution in [-0.4, -0.2) is 53.8 Å². The molecule has 0 aliphatic carbocycles. The largest absolute Gasteiger partial charge is 0.483 e. The first kappa shape index (κ1) is 21.7. The summed E-state index contributed by atoms with van der Waals surface area (Å²) in [6.45, 7) is 8.66. The number of hydrogen-bond donors (Lipinski definition) is 0. The van der Waals surface area contributed by atoms with Crippen molar-refractivity contribution in [3.05, 3.63) is 71.0 Å². The Hall–Kier alpha value is -3.48. The molecule has 166 valence electrons. The summed E-state index contributed by atoms with van der Waals surface area (Å²) in [6, 6.07) is 14.1. The Labute approximate surface area is 187 Å². The van der Waals surface area contributed by atoms with Crippen LogP contribution in [0.2, 0.25) is 0 Å². The van der Waals surface area contributed by atoms with E-state index in [0.717, 1.165) is 28.3 Å². The minimum atomic E-state index is -0.278. The highest BCUT2D eigenvalue weighted by Gasteiger charge is 2.23. The van der Waals surface area contributed by atoms with Crippen molar-refractivity contribution >= 4 is 11.7 Å². The van der Waals surface area contributed by atoms with Gasteiger partial charge in [-0.1, -0.05) is 17.7 Å². The molecule has 1 amide bonds. The first-order chi connectivity index (χ1) is 15.4. The Morgan fingerprint density at radius 1 is 0.938 bits per heavy atom. The molecule has 1 aromatic heterocycles. The summed E-state index contributed by atoms with van der Waals surface area (Å²) in [5, 5.41) is 8.61. The molecule has 6 nitrogen and oxygen atoms in total. The van der Waals surface area contributed by atoms with Crippen LogP contribution in [0.5, 0.6) is 5.75 Å². The van der Waals surface area contributed by atoms with E-state index in [1.165, 1.54) is 17.7 Å². The van der Waals surface area contributed by atoms with E-state index in [2.05, 4.69) is 34.2 Å². The topological polar surface area (TPSA) is 58.6 Å². The van der Waals surface area contributed by atoms with Gasteiger partial charge in [-0.2, -0.15) is 0 Å². The van der Waals surface area contributed by atoms with Gasteiger partial charge in [0.1, 0.15) is 11.6 Å². The number of benzene rings is 2. The van der Waals surface area contributed by atoms with Gasteiger partial charge in [-0.15, -0.1) is 10.2 Å². The van der Waals surface area contributed by atoms with Gasteiger partial charge in [0.2, 0.25) is 0 Å². The van der Waals surface area contributed by atoms with Crippen LogP contribution in [0.15, 0.2) is 48.5 Å². The van der Waals surface area contributed by atoms with Crippen LogP contribution in [-0.2, 0) is 4.79 Å². The maximum atomic E-state index is 13.1. The molecule has 1 saturated heterocycles. The molecule has 7 heteroatoms. The van der Waals surface area contributed by atoms with Crippen molar-refractivity contribution in [2.75, 3.05) is 37.7 Å². The summed E-state index contributed by atoms with van der Waals surface area (Å²) < 4.78 is 19.0.